The van der Waals surface area contributed by atoms with Crippen molar-refractivity contribution in [1.82, 2.24) is 9.97 Å². The topological polar surface area (TPSA) is 75.1 Å². The number of hydrogen-bond acceptors (Lipinski definition) is 4. The molecule has 0 unspecified atom stereocenters. The van der Waals surface area contributed by atoms with Crippen LogP contribution in [-0.2, 0) is 4.79 Å². The Morgan fingerprint density at radius 3 is 2.47 bits per heavy atom. The van der Waals surface area contributed by atoms with Crippen molar-refractivity contribution in [3.8, 4) is 0 Å². The number of aliphatic carboxylic acids is 1. The highest BCUT2D eigenvalue weighted by Crippen LogP contribution is 2.15. The first-order chi connectivity index (χ1) is 6.92. The second-order valence-electron chi connectivity index (χ2n) is 4.13. The number of rotatable bonds is 4. The predicted octanol–water partition coefficient (Wildman–Crippen LogP) is 1.31. The van der Waals surface area contributed by atoms with Gasteiger partial charge in [0.2, 0.25) is 5.95 Å². The van der Waals surface area contributed by atoms with Crippen molar-refractivity contribution in [2.24, 2.45) is 5.41 Å². The summed E-state index contributed by atoms with van der Waals surface area (Å²) in [6, 6.07) is 0. The van der Waals surface area contributed by atoms with E-state index in [2.05, 4.69) is 15.3 Å². The van der Waals surface area contributed by atoms with E-state index in [0.29, 0.717) is 12.5 Å². The van der Waals surface area contributed by atoms with Crippen LogP contribution in [0.3, 0.4) is 0 Å². The van der Waals surface area contributed by atoms with Gasteiger partial charge < -0.3 is 10.4 Å². The Hall–Kier alpha value is -1.65. The fourth-order valence-electron chi connectivity index (χ4n) is 0.860. The van der Waals surface area contributed by atoms with E-state index in [9.17, 15) is 4.79 Å². The smallest absolute Gasteiger partial charge is 0.310 e. The van der Waals surface area contributed by atoms with Crippen molar-refractivity contribution < 1.29 is 9.90 Å². The molecule has 0 aromatic carbocycles. The molecule has 0 amide bonds. The highest BCUT2D eigenvalue weighted by Gasteiger charge is 2.26. The van der Waals surface area contributed by atoms with Gasteiger partial charge in [0.05, 0.1) is 5.41 Å². The number of nitrogens with one attached hydrogen (secondary N) is 1. The van der Waals surface area contributed by atoms with Gasteiger partial charge in [0.25, 0.3) is 0 Å². The summed E-state index contributed by atoms with van der Waals surface area (Å²) >= 11 is 0. The van der Waals surface area contributed by atoms with E-state index < -0.39 is 11.4 Å². The van der Waals surface area contributed by atoms with Crippen LogP contribution in [0.15, 0.2) is 12.4 Å². The molecule has 5 nitrogen and oxygen atoms in total. The lowest BCUT2D eigenvalue weighted by Gasteiger charge is -2.19. The van der Waals surface area contributed by atoms with Crippen molar-refractivity contribution in [3.05, 3.63) is 18.0 Å². The normalized spacial score (nSPS) is 11.1. The predicted molar refractivity (Wildman–Crippen MR) is 56.7 cm³/mol. The lowest BCUT2D eigenvalue weighted by molar-refractivity contribution is -0.146. The molecule has 82 valence electrons. The van der Waals surface area contributed by atoms with Crippen molar-refractivity contribution in [3.63, 3.8) is 0 Å². The molecular formula is C10H15N3O2. The average Bonchev–Trinajstić information content (AvgIpc) is 2.17. The van der Waals surface area contributed by atoms with Crippen LogP contribution in [0.25, 0.3) is 0 Å². The molecule has 0 radical (unpaired) electrons. The Morgan fingerprint density at radius 1 is 1.47 bits per heavy atom. The first kappa shape index (κ1) is 11.4. The molecule has 1 aromatic heterocycles. The van der Waals surface area contributed by atoms with Crippen molar-refractivity contribution in [1.29, 1.82) is 0 Å². The fourth-order valence-corrected chi connectivity index (χ4v) is 0.860. The summed E-state index contributed by atoms with van der Waals surface area (Å²) in [5.74, 6) is -0.392. The molecule has 0 spiro atoms. The van der Waals surface area contributed by atoms with Gasteiger partial charge in [-0.05, 0) is 26.3 Å². The van der Waals surface area contributed by atoms with Crippen LogP contribution in [0.4, 0.5) is 5.95 Å². The average molecular weight is 209 g/mol. The van der Waals surface area contributed by atoms with E-state index in [1.165, 1.54) is 0 Å². The quantitative estimate of drug-likeness (QED) is 0.782. The van der Waals surface area contributed by atoms with Gasteiger partial charge in [0.1, 0.15) is 0 Å². The van der Waals surface area contributed by atoms with E-state index in [4.69, 9.17) is 5.11 Å². The molecule has 0 fully saturated rings. The summed E-state index contributed by atoms with van der Waals surface area (Å²) in [6.45, 7) is 5.49. The van der Waals surface area contributed by atoms with Crippen molar-refractivity contribution in [2.45, 2.75) is 20.8 Å². The number of carboxylic acid groups (broad SMARTS) is 1. The Morgan fingerprint density at radius 2 is 2.00 bits per heavy atom. The summed E-state index contributed by atoms with van der Waals surface area (Å²) in [6.07, 6.45) is 3.37. The second kappa shape index (κ2) is 4.25. The maximum Gasteiger partial charge on any atom is 0.310 e. The van der Waals surface area contributed by atoms with Crippen LogP contribution >= 0.6 is 0 Å². The SMILES string of the molecule is Cc1cnc(NCC(C)(C)C(=O)O)nc1. The number of aryl methyl sites for hydroxylation is 1. The summed E-state index contributed by atoms with van der Waals surface area (Å²) in [4.78, 5) is 18.9. The summed E-state index contributed by atoms with van der Waals surface area (Å²) in [5, 5.41) is 11.8. The molecular weight excluding hydrogens is 194 g/mol. The highest BCUT2D eigenvalue weighted by molar-refractivity contribution is 5.74. The Kier molecular flexibility index (Phi) is 3.24. The van der Waals surface area contributed by atoms with Crippen molar-refractivity contribution in [2.75, 3.05) is 11.9 Å². The number of hydrogen-bond donors (Lipinski definition) is 2. The van der Waals surface area contributed by atoms with E-state index in [0.717, 1.165) is 5.56 Å². The maximum atomic E-state index is 10.8. The minimum absolute atomic E-state index is 0.297. The van der Waals surface area contributed by atoms with E-state index in [1.54, 1.807) is 26.2 Å². The molecule has 0 bridgehead atoms. The summed E-state index contributed by atoms with van der Waals surface area (Å²) in [5.41, 5.74) is 0.145. The molecule has 0 aliphatic heterocycles. The fraction of sp³-hybridized carbons (Fsp3) is 0.500. The summed E-state index contributed by atoms with van der Waals surface area (Å²) in [7, 11) is 0. The number of carbonyl (C=O) groups is 1. The summed E-state index contributed by atoms with van der Waals surface area (Å²) < 4.78 is 0. The zero-order valence-electron chi connectivity index (χ0n) is 9.11. The van der Waals surface area contributed by atoms with Crippen LogP contribution in [0.5, 0.6) is 0 Å². The van der Waals surface area contributed by atoms with Gasteiger partial charge in [-0.15, -0.1) is 0 Å². The third kappa shape index (κ3) is 3.19. The van der Waals surface area contributed by atoms with Crippen LogP contribution in [0.2, 0.25) is 0 Å². The molecule has 1 aromatic rings. The number of aromatic nitrogens is 2. The third-order valence-electron chi connectivity index (χ3n) is 2.05. The molecule has 0 saturated carbocycles. The molecule has 1 rings (SSSR count). The zero-order chi connectivity index (χ0) is 11.5. The van der Waals surface area contributed by atoms with Crippen molar-refractivity contribution >= 4 is 11.9 Å². The standard InChI is InChI=1S/C10H15N3O2/c1-7-4-11-9(12-5-7)13-6-10(2,3)8(14)15/h4-5H,6H2,1-3H3,(H,14,15)(H,11,12,13). The van der Waals surface area contributed by atoms with E-state index >= 15 is 0 Å². The third-order valence-corrected chi connectivity index (χ3v) is 2.05. The van der Waals surface area contributed by atoms with Gasteiger partial charge in [0.15, 0.2) is 0 Å². The van der Waals surface area contributed by atoms with Crippen LogP contribution < -0.4 is 5.32 Å². The van der Waals surface area contributed by atoms with Gasteiger partial charge in [-0.3, -0.25) is 4.79 Å². The molecule has 15 heavy (non-hydrogen) atoms. The molecule has 1 heterocycles. The first-order valence-electron chi connectivity index (χ1n) is 4.68. The first-order valence-corrected chi connectivity index (χ1v) is 4.68. The van der Waals surface area contributed by atoms with Crippen LogP contribution in [-0.4, -0.2) is 27.6 Å². The second-order valence-corrected chi connectivity index (χ2v) is 4.13. The Bertz CT molecular complexity index is 346. The zero-order valence-corrected chi connectivity index (χ0v) is 9.11. The Labute approximate surface area is 88.6 Å². The van der Waals surface area contributed by atoms with E-state index in [-0.39, 0.29) is 0 Å². The van der Waals surface area contributed by atoms with Gasteiger partial charge in [0, 0.05) is 18.9 Å². The lowest BCUT2D eigenvalue weighted by Crippen LogP contribution is -2.32. The molecule has 5 heteroatoms. The van der Waals surface area contributed by atoms with Gasteiger partial charge in [-0.1, -0.05) is 0 Å². The minimum atomic E-state index is -0.845. The minimum Gasteiger partial charge on any atom is -0.481 e. The largest absolute Gasteiger partial charge is 0.481 e. The molecule has 0 aliphatic rings. The number of nitrogens with zero attached hydrogens (tertiary/aromatic N) is 2. The number of anilines is 1. The highest BCUT2D eigenvalue weighted by atomic mass is 16.4. The van der Waals surface area contributed by atoms with Gasteiger partial charge >= 0.3 is 5.97 Å². The van der Waals surface area contributed by atoms with E-state index in [1.807, 2.05) is 6.92 Å². The molecule has 2 N–H and O–H groups in total. The lowest BCUT2D eigenvalue weighted by atomic mass is 9.94. The molecule has 0 atom stereocenters. The monoisotopic (exact) mass is 209 g/mol. The van der Waals surface area contributed by atoms with Crippen LogP contribution in [0.1, 0.15) is 19.4 Å². The van der Waals surface area contributed by atoms with Gasteiger partial charge in [-0.25, -0.2) is 9.97 Å². The molecule has 0 aliphatic carbocycles. The maximum absolute atomic E-state index is 10.8. The van der Waals surface area contributed by atoms with Gasteiger partial charge in [-0.2, -0.15) is 0 Å². The van der Waals surface area contributed by atoms with Crippen LogP contribution in [0, 0.1) is 12.3 Å². The molecule has 0 saturated heterocycles. The Balaban J connectivity index is 2.57. The number of carboxylic acids is 1.